The molecule has 9 heteroatoms. The molecule has 5 heterocycles. The van der Waals surface area contributed by atoms with Crippen molar-refractivity contribution in [2.45, 2.75) is 44.9 Å². The molecule has 2 aromatic heterocycles. The van der Waals surface area contributed by atoms with Gasteiger partial charge in [0.15, 0.2) is 5.82 Å². The van der Waals surface area contributed by atoms with Crippen LogP contribution in [0.3, 0.4) is 0 Å². The van der Waals surface area contributed by atoms with E-state index in [-0.39, 0.29) is 17.0 Å². The highest BCUT2D eigenvalue weighted by Crippen LogP contribution is 2.38. The third-order valence-electron chi connectivity index (χ3n) is 7.42. The summed E-state index contributed by atoms with van der Waals surface area (Å²) in [5, 5.41) is 26.0. The Morgan fingerprint density at radius 1 is 0.946 bits per heavy atom. The van der Waals surface area contributed by atoms with Gasteiger partial charge in [0, 0.05) is 50.0 Å². The Labute approximate surface area is 214 Å². The second-order valence-electron chi connectivity index (χ2n) is 9.85. The molecule has 2 unspecified atom stereocenters. The lowest BCUT2D eigenvalue weighted by Gasteiger charge is -2.38. The molecule has 7 rings (SSSR count). The van der Waals surface area contributed by atoms with E-state index in [2.05, 4.69) is 20.2 Å². The summed E-state index contributed by atoms with van der Waals surface area (Å²) in [6, 6.07) is 11.5. The molecule has 0 amide bonds. The van der Waals surface area contributed by atoms with Crippen LogP contribution in [0.1, 0.15) is 26.7 Å². The Balaban J connectivity index is 0.00000123. The van der Waals surface area contributed by atoms with E-state index in [4.69, 9.17) is 4.98 Å². The zero-order valence-corrected chi connectivity index (χ0v) is 21.0. The van der Waals surface area contributed by atoms with Gasteiger partial charge in [-0.2, -0.15) is 4.98 Å². The lowest BCUT2D eigenvalue weighted by molar-refractivity contribution is 0.140. The fourth-order valence-electron chi connectivity index (χ4n) is 5.68. The van der Waals surface area contributed by atoms with Gasteiger partial charge in [0.2, 0.25) is 5.95 Å². The number of aromatic hydroxyl groups is 1. The van der Waals surface area contributed by atoms with Gasteiger partial charge in [-0.3, -0.25) is 4.98 Å². The summed E-state index contributed by atoms with van der Waals surface area (Å²) in [6.45, 7) is 6.44. The smallest absolute Gasteiger partial charge is 0.228 e. The van der Waals surface area contributed by atoms with Crippen LogP contribution in [-0.4, -0.2) is 69.5 Å². The van der Waals surface area contributed by atoms with Crippen molar-refractivity contribution in [1.29, 1.82) is 0 Å². The van der Waals surface area contributed by atoms with Gasteiger partial charge in [0.1, 0.15) is 22.8 Å². The topological polar surface area (TPSA) is 97.6 Å². The number of hydrogen-bond acceptors (Lipinski definition) is 8. The molecule has 0 aliphatic carbocycles. The number of anilines is 2. The van der Waals surface area contributed by atoms with Crippen molar-refractivity contribution in [3.63, 3.8) is 0 Å². The van der Waals surface area contributed by atoms with Crippen LogP contribution in [0.2, 0.25) is 0 Å². The van der Waals surface area contributed by atoms with Crippen molar-refractivity contribution in [2.24, 2.45) is 0 Å². The van der Waals surface area contributed by atoms with E-state index in [1.54, 1.807) is 18.3 Å². The van der Waals surface area contributed by atoms with Crippen molar-refractivity contribution in [2.75, 3.05) is 36.0 Å². The standard InChI is InChI=1S/C26H25FN6O2.C2H6/c27-22-23(20-8-17(34)7-14-3-1-2-4-19(14)20)28-9-21-24(22)30-26(33-12-18(35)13-33)31-25(21)32-10-15-5-6-16(11-32)29-15;1-2/h1-4,7-9,15-16,18,29,34-35H,5-6,10-13H2;1-2H3. The largest absolute Gasteiger partial charge is 0.508 e. The molecule has 2 bridgehead atoms. The van der Waals surface area contributed by atoms with Crippen LogP contribution in [0, 0.1) is 5.82 Å². The number of fused-ring (bicyclic) bond motifs is 4. The molecule has 0 radical (unpaired) electrons. The zero-order valence-electron chi connectivity index (χ0n) is 21.0. The van der Waals surface area contributed by atoms with Gasteiger partial charge in [0.25, 0.3) is 0 Å². The van der Waals surface area contributed by atoms with Gasteiger partial charge in [-0.25, -0.2) is 9.37 Å². The highest BCUT2D eigenvalue weighted by Gasteiger charge is 2.35. The molecule has 3 aliphatic rings. The van der Waals surface area contributed by atoms with E-state index in [1.165, 1.54) is 0 Å². The highest BCUT2D eigenvalue weighted by atomic mass is 19.1. The lowest BCUT2D eigenvalue weighted by Crippen LogP contribution is -2.53. The monoisotopic (exact) mass is 502 g/mol. The molecule has 3 saturated heterocycles. The number of pyridine rings is 1. The molecule has 0 spiro atoms. The number of phenolic OH excluding ortho intramolecular Hbond substituents is 1. The predicted molar refractivity (Wildman–Crippen MR) is 144 cm³/mol. The van der Waals surface area contributed by atoms with Crippen LogP contribution in [-0.2, 0) is 0 Å². The van der Waals surface area contributed by atoms with E-state index in [0.29, 0.717) is 47.9 Å². The second kappa shape index (κ2) is 9.39. The number of nitrogens with zero attached hydrogens (tertiary/aromatic N) is 5. The Kier molecular flexibility index (Phi) is 6.04. The average Bonchev–Trinajstić information content (AvgIpc) is 3.24. The summed E-state index contributed by atoms with van der Waals surface area (Å²) >= 11 is 0. The summed E-state index contributed by atoms with van der Waals surface area (Å²) < 4.78 is 16.2. The minimum absolute atomic E-state index is 0.0509. The first-order chi connectivity index (χ1) is 18.0. The number of aliphatic hydroxyl groups excluding tert-OH is 1. The Morgan fingerprint density at radius 3 is 2.41 bits per heavy atom. The summed E-state index contributed by atoms with van der Waals surface area (Å²) in [4.78, 5) is 18.1. The van der Waals surface area contributed by atoms with Gasteiger partial charge in [0.05, 0.1) is 11.5 Å². The quantitative estimate of drug-likeness (QED) is 0.389. The number of aliphatic hydroxyl groups is 1. The van der Waals surface area contributed by atoms with Crippen molar-refractivity contribution in [1.82, 2.24) is 20.3 Å². The van der Waals surface area contributed by atoms with Gasteiger partial charge in [-0.15, -0.1) is 0 Å². The SMILES string of the molecule is CC.Oc1cc(-c2ncc3c(N4CC5CCC(C4)N5)nc(N4CC(O)C4)nc3c2F)c2ccccc2c1. The number of benzene rings is 2. The van der Waals surface area contributed by atoms with Crippen molar-refractivity contribution in [3.05, 3.63) is 48.4 Å². The molecule has 2 atom stereocenters. The maximum Gasteiger partial charge on any atom is 0.228 e. The fourth-order valence-corrected chi connectivity index (χ4v) is 5.68. The molecule has 8 nitrogen and oxygen atoms in total. The summed E-state index contributed by atoms with van der Waals surface area (Å²) in [5.41, 5.74) is 0.861. The van der Waals surface area contributed by atoms with Crippen molar-refractivity contribution >= 4 is 33.4 Å². The zero-order chi connectivity index (χ0) is 25.7. The average molecular weight is 503 g/mol. The number of aromatic nitrogens is 3. The number of halogens is 1. The highest BCUT2D eigenvalue weighted by molar-refractivity contribution is 6.00. The molecule has 2 aromatic carbocycles. The summed E-state index contributed by atoms with van der Waals surface area (Å²) in [6.07, 6.45) is 3.47. The van der Waals surface area contributed by atoms with Gasteiger partial charge in [-0.05, 0) is 35.7 Å². The van der Waals surface area contributed by atoms with E-state index < -0.39 is 11.9 Å². The van der Waals surface area contributed by atoms with Gasteiger partial charge < -0.3 is 25.3 Å². The molecular formula is C28H31FN6O2. The molecule has 37 heavy (non-hydrogen) atoms. The third-order valence-corrected chi connectivity index (χ3v) is 7.42. The molecule has 3 aliphatic heterocycles. The molecular weight excluding hydrogens is 471 g/mol. The molecule has 192 valence electrons. The molecule has 3 fully saturated rings. The maximum absolute atomic E-state index is 16.2. The first kappa shape index (κ1) is 23.8. The van der Waals surface area contributed by atoms with Crippen LogP contribution >= 0.6 is 0 Å². The maximum atomic E-state index is 16.2. The summed E-state index contributed by atoms with van der Waals surface area (Å²) in [5.74, 6) is 0.612. The Morgan fingerprint density at radius 2 is 1.68 bits per heavy atom. The van der Waals surface area contributed by atoms with Crippen LogP contribution in [0.25, 0.3) is 32.9 Å². The van der Waals surface area contributed by atoms with E-state index in [9.17, 15) is 10.2 Å². The minimum atomic E-state index is -0.540. The van der Waals surface area contributed by atoms with Crippen LogP contribution in [0.15, 0.2) is 42.6 Å². The van der Waals surface area contributed by atoms with E-state index in [0.717, 1.165) is 36.7 Å². The lowest BCUT2D eigenvalue weighted by atomic mass is 10.00. The van der Waals surface area contributed by atoms with Gasteiger partial charge in [-0.1, -0.05) is 38.1 Å². The van der Waals surface area contributed by atoms with Crippen LogP contribution in [0.5, 0.6) is 5.75 Å². The van der Waals surface area contributed by atoms with Crippen molar-refractivity contribution in [3.8, 4) is 17.0 Å². The van der Waals surface area contributed by atoms with Crippen molar-refractivity contribution < 1.29 is 14.6 Å². The van der Waals surface area contributed by atoms with Crippen LogP contribution in [0.4, 0.5) is 16.2 Å². The number of phenols is 1. The van der Waals surface area contributed by atoms with E-state index >= 15 is 4.39 Å². The molecule has 3 N–H and O–H groups in total. The number of piperazine rings is 1. The predicted octanol–water partition coefficient (Wildman–Crippen LogP) is 3.84. The summed E-state index contributed by atoms with van der Waals surface area (Å²) in [7, 11) is 0. The second-order valence-corrected chi connectivity index (χ2v) is 9.85. The van der Waals surface area contributed by atoms with Crippen LogP contribution < -0.4 is 15.1 Å². The Bertz CT molecular complexity index is 1460. The molecule has 0 saturated carbocycles. The minimum Gasteiger partial charge on any atom is -0.508 e. The first-order valence-corrected chi connectivity index (χ1v) is 13.1. The normalized spacial score (nSPS) is 21.2. The van der Waals surface area contributed by atoms with Gasteiger partial charge >= 0.3 is 0 Å². The number of β-amino-alcohol motifs (C(OH)–C–C–N with tert-alkyl or cyclic N) is 1. The van der Waals surface area contributed by atoms with E-state index in [1.807, 2.05) is 43.0 Å². The first-order valence-electron chi connectivity index (χ1n) is 13.1. The Hall–Kier alpha value is -3.56. The third kappa shape index (κ3) is 4.12. The number of nitrogens with one attached hydrogen (secondary N) is 1. The number of hydrogen-bond donors (Lipinski definition) is 3. The number of rotatable bonds is 3. The molecule has 4 aromatic rings. The fraction of sp³-hybridized carbons (Fsp3) is 0.393.